The molecule has 0 unspecified atom stereocenters. The number of hydrogen-bond acceptors (Lipinski definition) is 5. The molecule has 30 heavy (non-hydrogen) atoms. The lowest BCUT2D eigenvalue weighted by Gasteiger charge is -2.07. The van der Waals surface area contributed by atoms with Crippen molar-refractivity contribution >= 4 is 33.8 Å². The predicted molar refractivity (Wildman–Crippen MR) is 119 cm³/mol. The molecule has 0 atom stereocenters. The van der Waals surface area contributed by atoms with Crippen molar-refractivity contribution in [3.05, 3.63) is 86.6 Å². The number of aromatic nitrogens is 2. The van der Waals surface area contributed by atoms with Crippen LogP contribution in [0.4, 0.5) is 0 Å². The summed E-state index contributed by atoms with van der Waals surface area (Å²) in [5, 5.41) is 5.14. The Morgan fingerprint density at radius 3 is 2.70 bits per heavy atom. The van der Waals surface area contributed by atoms with Crippen LogP contribution in [0.3, 0.4) is 0 Å². The van der Waals surface area contributed by atoms with Crippen molar-refractivity contribution in [1.29, 1.82) is 0 Å². The van der Waals surface area contributed by atoms with E-state index in [1.54, 1.807) is 13.2 Å². The molecule has 8 heteroatoms. The van der Waals surface area contributed by atoms with Crippen LogP contribution in [0.5, 0.6) is 5.75 Å². The van der Waals surface area contributed by atoms with E-state index in [-0.39, 0.29) is 5.56 Å². The molecule has 0 aliphatic rings. The van der Waals surface area contributed by atoms with Crippen LogP contribution in [0.15, 0.2) is 64.9 Å². The summed E-state index contributed by atoms with van der Waals surface area (Å²) in [6.45, 7) is 0.397. The summed E-state index contributed by atoms with van der Waals surface area (Å²) in [6.07, 6.45) is 1.96. The lowest BCUT2D eigenvalue weighted by atomic mass is 10.1. The van der Waals surface area contributed by atoms with Gasteiger partial charge in [0.25, 0.3) is 11.5 Å². The van der Waals surface area contributed by atoms with Crippen LogP contribution in [-0.2, 0) is 6.42 Å². The van der Waals surface area contributed by atoms with E-state index in [9.17, 15) is 9.59 Å². The number of amides is 1. The van der Waals surface area contributed by atoms with Gasteiger partial charge in [0.1, 0.15) is 11.3 Å². The second kappa shape index (κ2) is 8.69. The molecule has 2 aromatic carbocycles. The quantitative estimate of drug-likeness (QED) is 0.491. The fourth-order valence-corrected chi connectivity index (χ4v) is 4.20. The molecular weight excluding hydrogens is 422 g/mol. The highest BCUT2D eigenvalue weighted by Gasteiger charge is 2.17. The zero-order chi connectivity index (χ0) is 21.1. The van der Waals surface area contributed by atoms with E-state index < -0.39 is 11.5 Å². The number of fused-ring (bicyclic) bond motifs is 1. The van der Waals surface area contributed by atoms with Crippen LogP contribution < -0.4 is 15.6 Å². The molecule has 2 aromatic heterocycles. The Labute approximate surface area is 181 Å². The zero-order valence-corrected chi connectivity index (χ0v) is 17.7. The van der Waals surface area contributed by atoms with E-state index in [4.69, 9.17) is 16.3 Å². The Hall–Kier alpha value is -3.16. The highest BCUT2D eigenvalue weighted by atomic mass is 35.5. The van der Waals surface area contributed by atoms with Gasteiger partial charge >= 0.3 is 0 Å². The third kappa shape index (κ3) is 3.94. The maximum Gasteiger partial charge on any atom is 0.271 e. The molecule has 1 amide bonds. The summed E-state index contributed by atoms with van der Waals surface area (Å²) in [5.74, 6) is 0.326. The van der Waals surface area contributed by atoms with Gasteiger partial charge in [-0.2, -0.15) is 0 Å². The zero-order valence-electron chi connectivity index (χ0n) is 16.1. The third-order valence-corrected chi connectivity index (χ3v) is 5.87. The molecule has 6 nitrogen and oxygen atoms in total. The van der Waals surface area contributed by atoms with E-state index in [2.05, 4.69) is 10.3 Å². The van der Waals surface area contributed by atoms with Crippen molar-refractivity contribution in [3.8, 4) is 17.0 Å². The molecule has 4 rings (SSSR count). The summed E-state index contributed by atoms with van der Waals surface area (Å²) in [6, 6.07) is 14.9. The van der Waals surface area contributed by atoms with Crippen LogP contribution in [-0.4, -0.2) is 28.9 Å². The Morgan fingerprint density at radius 1 is 1.20 bits per heavy atom. The van der Waals surface area contributed by atoms with Crippen molar-refractivity contribution in [2.75, 3.05) is 13.7 Å². The number of halogens is 1. The number of carbonyl (C=O) groups is 1. The summed E-state index contributed by atoms with van der Waals surface area (Å²) in [4.78, 5) is 30.5. The van der Waals surface area contributed by atoms with Gasteiger partial charge in [0, 0.05) is 28.7 Å². The maximum absolute atomic E-state index is 13.1. The average Bonchev–Trinajstić information content (AvgIpc) is 3.19. The van der Waals surface area contributed by atoms with Gasteiger partial charge in [-0.15, -0.1) is 11.3 Å². The van der Waals surface area contributed by atoms with Crippen molar-refractivity contribution in [2.24, 2.45) is 0 Å². The largest absolute Gasteiger partial charge is 0.497 e. The number of nitrogens with one attached hydrogen (secondary N) is 1. The van der Waals surface area contributed by atoms with Crippen molar-refractivity contribution in [1.82, 2.24) is 14.7 Å². The molecular formula is C22H18ClN3O3S. The first-order valence-electron chi connectivity index (χ1n) is 9.24. The number of methoxy groups -OCH3 is 1. The normalized spacial score (nSPS) is 10.9. The van der Waals surface area contributed by atoms with Crippen molar-refractivity contribution in [3.63, 3.8) is 0 Å². The fraction of sp³-hybridized carbons (Fsp3) is 0.136. The number of benzene rings is 2. The third-order valence-electron chi connectivity index (χ3n) is 4.70. The molecule has 0 saturated carbocycles. The molecule has 2 heterocycles. The number of rotatable bonds is 6. The van der Waals surface area contributed by atoms with E-state index in [0.29, 0.717) is 34.2 Å². The minimum absolute atomic E-state index is 0.00562. The molecule has 0 saturated heterocycles. The summed E-state index contributed by atoms with van der Waals surface area (Å²) in [5.41, 5.74) is 1.96. The number of nitrogens with zero attached hydrogens (tertiary/aromatic N) is 2. The molecule has 4 aromatic rings. The van der Waals surface area contributed by atoms with E-state index in [1.165, 1.54) is 21.9 Å². The van der Waals surface area contributed by atoms with Crippen LogP contribution in [0.25, 0.3) is 16.2 Å². The first-order valence-corrected chi connectivity index (χ1v) is 10.5. The fourth-order valence-electron chi connectivity index (χ4n) is 3.11. The van der Waals surface area contributed by atoms with E-state index in [0.717, 1.165) is 11.3 Å². The van der Waals surface area contributed by atoms with E-state index >= 15 is 0 Å². The molecule has 1 N–H and O–H groups in total. The Kier molecular flexibility index (Phi) is 5.83. The molecule has 0 fully saturated rings. The SMILES string of the molecule is COc1ccc(CCNC(=O)c2cnc3scc(-c4ccccc4Cl)n3c2=O)cc1. The van der Waals surface area contributed by atoms with Gasteiger partial charge in [0.2, 0.25) is 0 Å². The molecule has 0 spiro atoms. The van der Waals surface area contributed by atoms with Crippen molar-refractivity contribution < 1.29 is 9.53 Å². The lowest BCUT2D eigenvalue weighted by Crippen LogP contribution is -2.32. The van der Waals surface area contributed by atoms with Crippen LogP contribution in [0.1, 0.15) is 15.9 Å². The minimum atomic E-state index is -0.452. The molecule has 152 valence electrons. The Bertz CT molecular complexity index is 1260. The Balaban J connectivity index is 1.56. The predicted octanol–water partition coefficient (Wildman–Crippen LogP) is 4.06. The van der Waals surface area contributed by atoms with Gasteiger partial charge < -0.3 is 10.1 Å². The molecule has 0 aliphatic heterocycles. The topological polar surface area (TPSA) is 72.7 Å². The first kappa shape index (κ1) is 20.1. The standard InChI is InChI=1S/C22H18ClN3O3S/c1-29-15-8-6-14(7-9-15)10-11-24-20(27)17-12-25-22-26(21(17)28)19(13-30-22)16-4-2-3-5-18(16)23/h2-9,12-13H,10-11H2,1H3,(H,24,27). The number of carbonyl (C=O) groups excluding carboxylic acids is 1. The van der Waals surface area contributed by atoms with Gasteiger partial charge in [-0.1, -0.05) is 41.9 Å². The van der Waals surface area contributed by atoms with Gasteiger partial charge in [0.15, 0.2) is 4.96 Å². The second-order valence-electron chi connectivity index (χ2n) is 6.55. The molecule has 0 radical (unpaired) electrons. The Morgan fingerprint density at radius 2 is 1.97 bits per heavy atom. The van der Waals surface area contributed by atoms with Gasteiger partial charge in [-0.05, 0) is 30.2 Å². The summed E-state index contributed by atoms with van der Waals surface area (Å²) in [7, 11) is 1.61. The van der Waals surface area contributed by atoms with Crippen LogP contribution in [0, 0.1) is 0 Å². The molecule has 0 aliphatic carbocycles. The summed E-state index contributed by atoms with van der Waals surface area (Å²) >= 11 is 7.62. The minimum Gasteiger partial charge on any atom is -0.497 e. The van der Waals surface area contributed by atoms with Crippen molar-refractivity contribution in [2.45, 2.75) is 6.42 Å². The van der Waals surface area contributed by atoms with Gasteiger partial charge in [-0.25, -0.2) is 4.98 Å². The van der Waals surface area contributed by atoms with Crippen LogP contribution in [0.2, 0.25) is 5.02 Å². The smallest absolute Gasteiger partial charge is 0.271 e. The van der Waals surface area contributed by atoms with Crippen LogP contribution >= 0.6 is 22.9 Å². The molecule has 0 bridgehead atoms. The highest BCUT2D eigenvalue weighted by molar-refractivity contribution is 7.15. The maximum atomic E-state index is 13.1. The lowest BCUT2D eigenvalue weighted by molar-refractivity contribution is 0.0952. The number of thiazole rings is 1. The highest BCUT2D eigenvalue weighted by Crippen LogP contribution is 2.29. The average molecular weight is 440 g/mol. The monoisotopic (exact) mass is 439 g/mol. The number of hydrogen-bond donors (Lipinski definition) is 1. The second-order valence-corrected chi connectivity index (χ2v) is 7.79. The number of ether oxygens (including phenoxy) is 1. The van der Waals surface area contributed by atoms with E-state index in [1.807, 2.05) is 47.8 Å². The first-order chi connectivity index (χ1) is 14.6. The van der Waals surface area contributed by atoms with Gasteiger partial charge in [0.05, 0.1) is 12.8 Å². The summed E-state index contributed by atoms with van der Waals surface area (Å²) < 4.78 is 6.57. The van der Waals surface area contributed by atoms with Gasteiger partial charge in [-0.3, -0.25) is 14.0 Å².